The van der Waals surface area contributed by atoms with Crippen molar-refractivity contribution in [1.29, 1.82) is 0 Å². The predicted octanol–water partition coefficient (Wildman–Crippen LogP) is 3.15. The van der Waals surface area contributed by atoms with E-state index in [1.165, 1.54) is 5.56 Å². The lowest BCUT2D eigenvalue weighted by Gasteiger charge is -2.20. The quantitative estimate of drug-likeness (QED) is 0.794. The fourth-order valence-electron chi connectivity index (χ4n) is 1.90. The van der Waals surface area contributed by atoms with Crippen LogP contribution in [-0.4, -0.2) is 30.5 Å². The third-order valence-corrected chi connectivity index (χ3v) is 2.91. The summed E-state index contributed by atoms with van der Waals surface area (Å²) in [6.07, 6.45) is 2.73. The zero-order valence-corrected chi connectivity index (χ0v) is 11.5. The van der Waals surface area contributed by atoms with Gasteiger partial charge in [0.15, 0.2) is 0 Å². The van der Waals surface area contributed by atoms with Gasteiger partial charge in [0.05, 0.1) is 0 Å². The summed E-state index contributed by atoms with van der Waals surface area (Å²) < 4.78 is 6.01. The number of pyridine rings is 1. The van der Waals surface area contributed by atoms with E-state index in [4.69, 9.17) is 4.74 Å². The molecule has 0 saturated carbocycles. The van der Waals surface area contributed by atoms with Gasteiger partial charge in [-0.05, 0) is 25.7 Å². The monoisotopic (exact) mass is 256 g/mol. The molecule has 1 aromatic carbocycles. The fraction of sp³-hybridized carbons (Fsp3) is 0.312. The Morgan fingerprint density at radius 1 is 1.05 bits per heavy atom. The molecule has 2 rings (SSSR count). The molecule has 0 amide bonds. The van der Waals surface area contributed by atoms with E-state index in [0.717, 1.165) is 13.0 Å². The molecule has 0 N–H and O–H groups in total. The molecule has 0 spiro atoms. The van der Waals surface area contributed by atoms with Crippen LogP contribution in [0.5, 0.6) is 5.88 Å². The molecule has 19 heavy (non-hydrogen) atoms. The van der Waals surface area contributed by atoms with Crippen LogP contribution in [-0.2, 0) is 0 Å². The number of nitrogens with zero attached hydrogens (tertiary/aromatic N) is 2. The molecule has 0 bridgehead atoms. The first-order valence-corrected chi connectivity index (χ1v) is 6.53. The maximum absolute atomic E-state index is 6.01. The zero-order valence-electron chi connectivity index (χ0n) is 11.5. The third-order valence-electron chi connectivity index (χ3n) is 2.91. The lowest BCUT2D eigenvalue weighted by Crippen LogP contribution is -2.19. The van der Waals surface area contributed by atoms with Crippen LogP contribution in [0, 0.1) is 0 Å². The number of rotatable bonds is 6. The SMILES string of the molecule is CN(C)CCC(Oc1ccccn1)c1ccccc1. The Hall–Kier alpha value is -1.87. The van der Waals surface area contributed by atoms with Crippen molar-refractivity contribution in [3.63, 3.8) is 0 Å². The van der Waals surface area contributed by atoms with Crippen molar-refractivity contribution >= 4 is 0 Å². The van der Waals surface area contributed by atoms with Gasteiger partial charge in [0.1, 0.15) is 6.10 Å². The predicted molar refractivity (Wildman–Crippen MR) is 77.2 cm³/mol. The molecule has 0 fully saturated rings. The number of ether oxygens (including phenoxy) is 1. The van der Waals surface area contributed by atoms with E-state index in [1.807, 2.05) is 36.4 Å². The summed E-state index contributed by atoms with van der Waals surface area (Å²) in [5.41, 5.74) is 1.19. The second-order valence-electron chi connectivity index (χ2n) is 4.78. The Kier molecular flexibility index (Phi) is 4.93. The summed E-state index contributed by atoms with van der Waals surface area (Å²) in [5, 5.41) is 0. The highest BCUT2D eigenvalue weighted by molar-refractivity contribution is 5.20. The van der Waals surface area contributed by atoms with Crippen LogP contribution in [0.2, 0.25) is 0 Å². The van der Waals surface area contributed by atoms with E-state index in [2.05, 4.69) is 36.1 Å². The van der Waals surface area contributed by atoms with Gasteiger partial charge in [-0.15, -0.1) is 0 Å². The van der Waals surface area contributed by atoms with E-state index < -0.39 is 0 Å². The van der Waals surface area contributed by atoms with Gasteiger partial charge in [-0.1, -0.05) is 36.4 Å². The molecule has 1 atom stereocenters. The minimum absolute atomic E-state index is 0.0403. The second kappa shape index (κ2) is 6.90. The molecular formula is C16H20N2O. The van der Waals surface area contributed by atoms with Crippen molar-refractivity contribution in [3.05, 3.63) is 60.3 Å². The van der Waals surface area contributed by atoms with Gasteiger partial charge in [0, 0.05) is 25.2 Å². The lowest BCUT2D eigenvalue weighted by molar-refractivity contribution is 0.172. The number of hydrogen-bond donors (Lipinski definition) is 0. The van der Waals surface area contributed by atoms with Gasteiger partial charge in [-0.3, -0.25) is 0 Å². The van der Waals surface area contributed by atoms with E-state index in [0.29, 0.717) is 5.88 Å². The van der Waals surface area contributed by atoms with Crippen LogP contribution in [0.15, 0.2) is 54.7 Å². The van der Waals surface area contributed by atoms with Crippen molar-refractivity contribution in [1.82, 2.24) is 9.88 Å². The first-order valence-electron chi connectivity index (χ1n) is 6.53. The summed E-state index contributed by atoms with van der Waals surface area (Å²) in [6, 6.07) is 16.0. The number of hydrogen-bond acceptors (Lipinski definition) is 3. The molecule has 0 saturated heterocycles. The highest BCUT2D eigenvalue weighted by Gasteiger charge is 2.13. The van der Waals surface area contributed by atoms with Gasteiger partial charge < -0.3 is 9.64 Å². The second-order valence-corrected chi connectivity index (χ2v) is 4.78. The van der Waals surface area contributed by atoms with Crippen molar-refractivity contribution in [2.45, 2.75) is 12.5 Å². The largest absolute Gasteiger partial charge is 0.469 e. The minimum Gasteiger partial charge on any atom is -0.469 e. The van der Waals surface area contributed by atoms with Crippen LogP contribution in [0.3, 0.4) is 0 Å². The topological polar surface area (TPSA) is 25.4 Å². The number of aromatic nitrogens is 1. The fourth-order valence-corrected chi connectivity index (χ4v) is 1.90. The summed E-state index contributed by atoms with van der Waals surface area (Å²) in [4.78, 5) is 6.40. The highest BCUT2D eigenvalue weighted by Crippen LogP contribution is 2.23. The summed E-state index contributed by atoms with van der Waals surface area (Å²) in [6.45, 7) is 0.979. The van der Waals surface area contributed by atoms with Crippen LogP contribution >= 0.6 is 0 Å². The summed E-state index contributed by atoms with van der Waals surface area (Å²) >= 11 is 0. The molecule has 3 heteroatoms. The van der Waals surface area contributed by atoms with Crippen molar-refractivity contribution in [2.24, 2.45) is 0 Å². The maximum Gasteiger partial charge on any atom is 0.213 e. The van der Waals surface area contributed by atoms with Crippen molar-refractivity contribution in [2.75, 3.05) is 20.6 Å². The first-order chi connectivity index (χ1) is 9.25. The van der Waals surface area contributed by atoms with Crippen molar-refractivity contribution in [3.8, 4) is 5.88 Å². The van der Waals surface area contributed by atoms with Gasteiger partial charge in [-0.25, -0.2) is 4.98 Å². The molecule has 1 heterocycles. The molecule has 0 radical (unpaired) electrons. The van der Waals surface area contributed by atoms with Gasteiger partial charge in [0.25, 0.3) is 0 Å². The maximum atomic E-state index is 6.01. The highest BCUT2D eigenvalue weighted by atomic mass is 16.5. The molecule has 1 unspecified atom stereocenters. The average Bonchev–Trinajstić information content (AvgIpc) is 2.45. The Morgan fingerprint density at radius 2 is 1.79 bits per heavy atom. The molecular weight excluding hydrogens is 236 g/mol. The molecule has 0 aliphatic heterocycles. The minimum atomic E-state index is 0.0403. The van der Waals surface area contributed by atoms with Crippen LogP contribution < -0.4 is 4.74 Å². The van der Waals surface area contributed by atoms with Gasteiger partial charge in [-0.2, -0.15) is 0 Å². The number of benzene rings is 1. The Labute approximate surface area is 114 Å². The third kappa shape index (κ3) is 4.38. The molecule has 100 valence electrons. The average molecular weight is 256 g/mol. The summed E-state index contributed by atoms with van der Waals surface area (Å²) in [5.74, 6) is 0.676. The molecule has 2 aromatic rings. The van der Waals surface area contributed by atoms with E-state index in [9.17, 15) is 0 Å². The van der Waals surface area contributed by atoms with E-state index >= 15 is 0 Å². The van der Waals surface area contributed by atoms with Gasteiger partial charge in [0.2, 0.25) is 5.88 Å². The standard InChI is InChI=1S/C16H20N2O/c1-18(2)13-11-15(14-8-4-3-5-9-14)19-16-10-6-7-12-17-16/h3-10,12,15H,11,13H2,1-2H3. The van der Waals surface area contributed by atoms with E-state index in [-0.39, 0.29) is 6.10 Å². The Bertz CT molecular complexity index is 471. The van der Waals surface area contributed by atoms with E-state index in [1.54, 1.807) is 6.20 Å². The van der Waals surface area contributed by atoms with Crippen LogP contribution in [0.1, 0.15) is 18.1 Å². The van der Waals surface area contributed by atoms with Crippen molar-refractivity contribution < 1.29 is 4.74 Å². The molecule has 0 aliphatic rings. The molecule has 3 nitrogen and oxygen atoms in total. The lowest BCUT2D eigenvalue weighted by atomic mass is 10.1. The molecule has 1 aromatic heterocycles. The first kappa shape index (κ1) is 13.6. The smallest absolute Gasteiger partial charge is 0.213 e. The van der Waals surface area contributed by atoms with Gasteiger partial charge >= 0.3 is 0 Å². The van der Waals surface area contributed by atoms with Crippen LogP contribution in [0.25, 0.3) is 0 Å². The Balaban J connectivity index is 2.10. The van der Waals surface area contributed by atoms with Crippen LogP contribution in [0.4, 0.5) is 0 Å². The normalized spacial score (nSPS) is 12.4. The zero-order chi connectivity index (χ0) is 13.5. The summed E-state index contributed by atoms with van der Waals surface area (Å²) in [7, 11) is 4.14. The molecule has 0 aliphatic carbocycles. The Morgan fingerprint density at radius 3 is 2.42 bits per heavy atom.